The second-order valence-corrected chi connectivity index (χ2v) is 3.15. The first-order chi connectivity index (χ1) is 4.12. The molecule has 0 aliphatic carbocycles. The molecular formula is C4H10O4Si. The predicted molar refractivity (Wildman–Crippen MR) is 33.3 cm³/mol. The monoisotopic (exact) mass is 150 g/mol. The van der Waals surface area contributed by atoms with Gasteiger partial charge in [0.25, 0.3) is 0 Å². The summed E-state index contributed by atoms with van der Waals surface area (Å²) in [5.74, 6) is 0. The Labute approximate surface area is 54.8 Å². The van der Waals surface area contributed by atoms with Crippen LogP contribution in [0.4, 0.5) is 0 Å². The Morgan fingerprint density at radius 1 is 1.67 bits per heavy atom. The SMILES string of the molecule is C=CCO[Si](O)(O)OC. The van der Waals surface area contributed by atoms with Gasteiger partial charge in [-0.1, -0.05) is 6.08 Å². The highest BCUT2D eigenvalue weighted by atomic mass is 28.4. The van der Waals surface area contributed by atoms with Gasteiger partial charge in [0.05, 0.1) is 6.61 Å². The third kappa shape index (κ3) is 4.31. The van der Waals surface area contributed by atoms with Crippen LogP contribution in [0.25, 0.3) is 0 Å². The fourth-order valence-electron chi connectivity index (χ4n) is 0.226. The summed E-state index contributed by atoms with van der Waals surface area (Å²) in [6, 6.07) is 0. The van der Waals surface area contributed by atoms with Gasteiger partial charge in [-0.3, -0.25) is 0 Å². The number of rotatable bonds is 4. The molecule has 0 aromatic heterocycles. The zero-order valence-electron chi connectivity index (χ0n) is 5.20. The zero-order valence-corrected chi connectivity index (χ0v) is 6.20. The Kier molecular flexibility index (Phi) is 3.67. The molecule has 0 radical (unpaired) electrons. The molecule has 0 fully saturated rings. The summed E-state index contributed by atoms with van der Waals surface area (Å²) in [7, 11) is -2.59. The van der Waals surface area contributed by atoms with Gasteiger partial charge >= 0.3 is 9.05 Å². The van der Waals surface area contributed by atoms with E-state index in [0.717, 1.165) is 0 Å². The van der Waals surface area contributed by atoms with E-state index in [1.54, 1.807) is 0 Å². The molecule has 0 rings (SSSR count). The van der Waals surface area contributed by atoms with Gasteiger partial charge in [0, 0.05) is 7.11 Å². The van der Waals surface area contributed by atoms with Gasteiger partial charge < -0.3 is 18.4 Å². The molecule has 4 nitrogen and oxygen atoms in total. The molecule has 2 N–H and O–H groups in total. The Balaban J connectivity index is 3.44. The van der Waals surface area contributed by atoms with Crippen LogP contribution in [0.5, 0.6) is 0 Å². The van der Waals surface area contributed by atoms with Crippen molar-refractivity contribution in [1.82, 2.24) is 0 Å². The minimum absolute atomic E-state index is 0.0903. The van der Waals surface area contributed by atoms with Crippen LogP contribution >= 0.6 is 0 Å². The Hall–Kier alpha value is -0.203. The maximum Gasteiger partial charge on any atom is 0.674 e. The summed E-state index contributed by atoms with van der Waals surface area (Å²) in [6.45, 7) is 3.41. The van der Waals surface area contributed by atoms with Crippen molar-refractivity contribution in [3.8, 4) is 0 Å². The third-order valence-electron chi connectivity index (χ3n) is 0.655. The average Bonchev–Trinajstić information content (AvgIpc) is 1.84. The van der Waals surface area contributed by atoms with Gasteiger partial charge in [-0.15, -0.1) is 6.58 Å². The van der Waals surface area contributed by atoms with Gasteiger partial charge in [-0.05, 0) is 0 Å². The van der Waals surface area contributed by atoms with Gasteiger partial charge in [0.15, 0.2) is 0 Å². The maximum atomic E-state index is 8.66. The lowest BCUT2D eigenvalue weighted by Gasteiger charge is -2.11. The van der Waals surface area contributed by atoms with Gasteiger partial charge in [-0.2, -0.15) is 0 Å². The summed E-state index contributed by atoms with van der Waals surface area (Å²) in [5.41, 5.74) is 0. The Morgan fingerprint density at radius 2 is 2.22 bits per heavy atom. The van der Waals surface area contributed by atoms with Crippen molar-refractivity contribution in [2.45, 2.75) is 0 Å². The van der Waals surface area contributed by atoms with Gasteiger partial charge in [0.1, 0.15) is 0 Å². The molecule has 54 valence electrons. The van der Waals surface area contributed by atoms with Crippen LogP contribution in [0.3, 0.4) is 0 Å². The molecule has 0 aromatic rings. The van der Waals surface area contributed by atoms with E-state index in [2.05, 4.69) is 15.4 Å². The molecule has 0 aromatic carbocycles. The second-order valence-electron chi connectivity index (χ2n) is 1.35. The van der Waals surface area contributed by atoms with Crippen molar-refractivity contribution < 1.29 is 18.4 Å². The first-order valence-electron chi connectivity index (χ1n) is 2.37. The molecule has 0 aliphatic rings. The molecule has 0 bridgehead atoms. The molecule has 5 heteroatoms. The summed E-state index contributed by atoms with van der Waals surface area (Å²) in [4.78, 5) is 17.3. The predicted octanol–water partition coefficient (Wildman–Crippen LogP) is -0.744. The van der Waals surface area contributed by atoms with Crippen molar-refractivity contribution >= 4 is 9.05 Å². The highest BCUT2D eigenvalue weighted by Gasteiger charge is 2.33. The van der Waals surface area contributed by atoms with Crippen LogP contribution < -0.4 is 0 Å². The maximum absolute atomic E-state index is 8.66. The highest BCUT2D eigenvalue weighted by Crippen LogP contribution is 1.94. The van der Waals surface area contributed by atoms with Gasteiger partial charge in [-0.25, -0.2) is 0 Å². The second kappa shape index (κ2) is 3.75. The van der Waals surface area contributed by atoms with Crippen molar-refractivity contribution in [1.29, 1.82) is 0 Å². The molecule has 0 amide bonds. The fourth-order valence-corrected chi connectivity index (χ4v) is 0.679. The standard InChI is InChI=1S/C4H10O4Si/c1-3-4-8-9(5,6)7-2/h3,5-6H,1,4H2,2H3. The van der Waals surface area contributed by atoms with Gasteiger partial charge in [0.2, 0.25) is 0 Å². The smallest absolute Gasteiger partial charge is 0.367 e. The van der Waals surface area contributed by atoms with E-state index in [9.17, 15) is 0 Å². The number of hydrogen-bond donors (Lipinski definition) is 2. The van der Waals surface area contributed by atoms with E-state index in [1.165, 1.54) is 13.2 Å². The molecule has 9 heavy (non-hydrogen) atoms. The van der Waals surface area contributed by atoms with Crippen LogP contribution in [-0.2, 0) is 8.85 Å². The Morgan fingerprint density at radius 3 is 2.56 bits per heavy atom. The van der Waals surface area contributed by atoms with E-state index >= 15 is 0 Å². The minimum Gasteiger partial charge on any atom is -0.367 e. The normalized spacial score (nSPS) is 11.4. The molecule has 0 spiro atoms. The summed E-state index contributed by atoms with van der Waals surface area (Å²) >= 11 is 0. The topological polar surface area (TPSA) is 58.9 Å². The van der Waals surface area contributed by atoms with Crippen LogP contribution in [0, 0.1) is 0 Å². The lowest BCUT2D eigenvalue weighted by molar-refractivity contribution is 0.0518. The van der Waals surface area contributed by atoms with E-state index < -0.39 is 9.05 Å². The minimum atomic E-state index is -3.77. The van der Waals surface area contributed by atoms with E-state index in [1.807, 2.05) is 0 Å². The van der Waals surface area contributed by atoms with Crippen LogP contribution in [0.2, 0.25) is 0 Å². The molecule has 0 saturated heterocycles. The van der Waals surface area contributed by atoms with Crippen LogP contribution in [-0.4, -0.2) is 32.4 Å². The van der Waals surface area contributed by atoms with Crippen molar-refractivity contribution in [3.63, 3.8) is 0 Å². The quantitative estimate of drug-likeness (QED) is 0.409. The molecule has 0 heterocycles. The highest BCUT2D eigenvalue weighted by molar-refractivity contribution is 6.50. The van der Waals surface area contributed by atoms with Crippen molar-refractivity contribution in [2.75, 3.05) is 13.7 Å². The van der Waals surface area contributed by atoms with Crippen LogP contribution in [0.1, 0.15) is 0 Å². The average molecular weight is 150 g/mol. The van der Waals surface area contributed by atoms with Crippen LogP contribution in [0.15, 0.2) is 12.7 Å². The van der Waals surface area contributed by atoms with Crippen molar-refractivity contribution in [3.05, 3.63) is 12.7 Å². The summed E-state index contributed by atoms with van der Waals surface area (Å²) in [5, 5.41) is 0. The molecule has 0 aliphatic heterocycles. The summed E-state index contributed by atoms with van der Waals surface area (Å²) < 4.78 is 8.66. The first kappa shape index (κ1) is 8.80. The molecular weight excluding hydrogens is 140 g/mol. The zero-order chi connectivity index (χ0) is 7.33. The summed E-state index contributed by atoms with van der Waals surface area (Å²) in [6.07, 6.45) is 1.41. The van der Waals surface area contributed by atoms with E-state index in [-0.39, 0.29) is 6.61 Å². The van der Waals surface area contributed by atoms with E-state index in [0.29, 0.717) is 0 Å². The van der Waals surface area contributed by atoms with Crippen molar-refractivity contribution in [2.24, 2.45) is 0 Å². The lowest BCUT2D eigenvalue weighted by atomic mass is 10.7. The fraction of sp³-hybridized carbons (Fsp3) is 0.500. The Bertz CT molecular complexity index is 92.6. The molecule has 0 atom stereocenters. The number of hydrogen-bond acceptors (Lipinski definition) is 4. The molecule has 0 unspecified atom stereocenters. The lowest BCUT2D eigenvalue weighted by Crippen LogP contribution is -2.41. The largest absolute Gasteiger partial charge is 0.674 e. The molecule has 0 saturated carbocycles. The third-order valence-corrected chi connectivity index (χ3v) is 1.73. The van der Waals surface area contributed by atoms with E-state index in [4.69, 9.17) is 9.59 Å². The first-order valence-corrected chi connectivity index (χ1v) is 4.08.